The second-order valence-corrected chi connectivity index (χ2v) is 5.44. The summed E-state index contributed by atoms with van der Waals surface area (Å²) in [4.78, 5) is 16.8. The molecule has 2 atom stereocenters. The van der Waals surface area contributed by atoms with E-state index in [1.165, 1.54) is 7.11 Å². The molecule has 0 radical (unpaired) electrons. The first-order chi connectivity index (χ1) is 10.5. The number of rotatable bonds is 6. The lowest BCUT2D eigenvalue weighted by Crippen LogP contribution is -2.36. The molecule has 0 aliphatic heterocycles. The van der Waals surface area contributed by atoms with E-state index >= 15 is 0 Å². The highest BCUT2D eigenvalue weighted by Gasteiger charge is 2.28. The minimum absolute atomic E-state index is 0.108. The molecule has 1 N–H and O–H groups in total. The van der Waals surface area contributed by atoms with Crippen molar-refractivity contribution in [1.82, 2.24) is 15.5 Å². The Balaban J connectivity index is 2.17. The smallest absolute Gasteiger partial charge is 0.254 e. The highest BCUT2D eigenvalue weighted by atomic mass is 16.5. The third kappa shape index (κ3) is 3.71. The molecule has 0 aliphatic rings. The number of aromatic nitrogens is 2. The average molecular weight is 303 g/mol. The Kier molecular flexibility index (Phi) is 5.27. The van der Waals surface area contributed by atoms with Crippen LogP contribution in [-0.4, -0.2) is 23.2 Å². The molecule has 6 nitrogen and oxygen atoms in total. The Morgan fingerprint density at radius 1 is 1.27 bits per heavy atom. The summed E-state index contributed by atoms with van der Waals surface area (Å²) >= 11 is 0. The number of hydrogen-bond donors (Lipinski definition) is 1. The number of carbonyl (C=O) groups is 1. The Labute approximate surface area is 129 Å². The van der Waals surface area contributed by atoms with Crippen molar-refractivity contribution in [2.24, 2.45) is 5.92 Å². The van der Waals surface area contributed by atoms with Gasteiger partial charge in [0, 0.05) is 7.11 Å². The van der Waals surface area contributed by atoms with E-state index < -0.39 is 6.10 Å². The van der Waals surface area contributed by atoms with Crippen LogP contribution in [0.1, 0.15) is 43.3 Å². The third-order valence-electron chi connectivity index (χ3n) is 3.35. The summed E-state index contributed by atoms with van der Waals surface area (Å²) in [5.74, 6) is 0.824. The second-order valence-electron chi connectivity index (χ2n) is 5.44. The number of benzene rings is 1. The monoisotopic (exact) mass is 303 g/mol. The second kappa shape index (κ2) is 7.17. The summed E-state index contributed by atoms with van der Waals surface area (Å²) < 4.78 is 10.5. The van der Waals surface area contributed by atoms with Gasteiger partial charge in [-0.3, -0.25) is 4.79 Å². The Morgan fingerprint density at radius 2 is 1.95 bits per heavy atom. The SMILES string of the molecule is CO[C@@H](C(=O)N[C@H](c1nc(C)no1)C(C)C)c1ccccc1. The molecule has 0 fully saturated rings. The third-order valence-corrected chi connectivity index (χ3v) is 3.35. The highest BCUT2D eigenvalue weighted by Crippen LogP contribution is 2.23. The molecule has 0 unspecified atom stereocenters. The predicted octanol–water partition coefficient (Wildman–Crippen LogP) is 2.58. The van der Waals surface area contributed by atoms with Gasteiger partial charge in [0.2, 0.25) is 5.89 Å². The van der Waals surface area contributed by atoms with Gasteiger partial charge in [-0.1, -0.05) is 49.3 Å². The van der Waals surface area contributed by atoms with Crippen LogP contribution >= 0.6 is 0 Å². The molecule has 118 valence electrons. The lowest BCUT2D eigenvalue weighted by atomic mass is 10.0. The summed E-state index contributed by atoms with van der Waals surface area (Å²) in [7, 11) is 1.51. The van der Waals surface area contributed by atoms with Crippen molar-refractivity contribution in [3.05, 3.63) is 47.6 Å². The van der Waals surface area contributed by atoms with E-state index in [-0.39, 0.29) is 17.9 Å². The zero-order valence-corrected chi connectivity index (χ0v) is 13.2. The van der Waals surface area contributed by atoms with Crippen LogP contribution in [0.4, 0.5) is 0 Å². The molecule has 0 spiro atoms. The van der Waals surface area contributed by atoms with Gasteiger partial charge in [0.25, 0.3) is 5.91 Å². The average Bonchev–Trinajstić information content (AvgIpc) is 2.92. The molecule has 0 bridgehead atoms. The highest BCUT2D eigenvalue weighted by molar-refractivity contribution is 5.82. The normalized spacial score (nSPS) is 13.9. The molecular formula is C16H21N3O3. The van der Waals surface area contributed by atoms with Crippen LogP contribution in [0.15, 0.2) is 34.9 Å². The number of hydrogen-bond acceptors (Lipinski definition) is 5. The Morgan fingerprint density at radius 3 is 2.45 bits per heavy atom. The fourth-order valence-corrected chi connectivity index (χ4v) is 2.20. The van der Waals surface area contributed by atoms with Gasteiger partial charge in [-0.05, 0) is 18.4 Å². The van der Waals surface area contributed by atoms with E-state index in [1.54, 1.807) is 6.92 Å². The molecule has 22 heavy (non-hydrogen) atoms. The van der Waals surface area contributed by atoms with Crippen LogP contribution in [0.25, 0.3) is 0 Å². The lowest BCUT2D eigenvalue weighted by Gasteiger charge is -2.22. The Hall–Kier alpha value is -2.21. The molecule has 6 heteroatoms. The maximum atomic E-state index is 12.5. The number of ether oxygens (including phenoxy) is 1. The number of aryl methyl sites for hydroxylation is 1. The zero-order chi connectivity index (χ0) is 16.1. The topological polar surface area (TPSA) is 77.2 Å². The van der Waals surface area contributed by atoms with Crippen LogP contribution < -0.4 is 5.32 Å². The van der Waals surface area contributed by atoms with Gasteiger partial charge in [0.1, 0.15) is 6.04 Å². The number of nitrogens with zero attached hydrogens (tertiary/aromatic N) is 2. The summed E-state index contributed by atoms with van der Waals surface area (Å²) in [6.07, 6.45) is -0.675. The summed E-state index contributed by atoms with van der Waals surface area (Å²) in [5, 5.41) is 6.72. The van der Waals surface area contributed by atoms with Crippen molar-refractivity contribution >= 4 is 5.91 Å². The first-order valence-corrected chi connectivity index (χ1v) is 7.21. The van der Waals surface area contributed by atoms with Gasteiger partial charge in [-0.15, -0.1) is 0 Å². The lowest BCUT2D eigenvalue weighted by molar-refractivity contribution is -0.132. The van der Waals surface area contributed by atoms with E-state index in [2.05, 4.69) is 15.5 Å². The van der Waals surface area contributed by atoms with Crippen molar-refractivity contribution in [3.8, 4) is 0 Å². The number of carbonyl (C=O) groups excluding carboxylic acids is 1. The van der Waals surface area contributed by atoms with Gasteiger partial charge in [0.15, 0.2) is 11.9 Å². The fraction of sp³-hybridized carbons (Fsp3) is 0.438. The molecule has 0 aliphatic carbocycles. The van der Waals surface area contributed by atoms with Gasteiger partial charge in [-0.2, -0.15) is 4.98 Å². The van der Waals surface area contributed by atoms with Gasteiger partial charge >= 0.3 is 0 Å². The van der Waals surface area contributed by atoms with E-state index in [0.717, 1.165) is 5.56 Å². The molecule has 1 amide bonds. The van der Waals surface area contributed by atoms with Crippen LogP contribution in [0.3, 0.4) is 0 Å². The quantitative estimate of drug-likeness (QED) is 0.887. The molecule has 1 heterocycles. The maximum Gasteiger partial charge on any atom is 0.254 e. The molecule has 2 rings (SSSR count). The first-order valence-electron chi connectivity index (χ1n) is 7.21. The minimum Gasteiger partial charge on any atom is -0.367 e. The largest absolute Gasteiger partial charge is 0.367 e. The summed E-state index contributed by atoms with van der Waals surface area (Å²) in [6, 6.07) is 9.00. The number of amides is 1. The molecular weight excluding hydrogens is 282 g/mol. The van der Waals surface area contributed by atoms with E-state index in [0.29, 0.717) is 11.7 Å². The summed E-state index contributed by atoms with van der Waals surface area (Å²) in [6.45, 7) is 5.71. The van der Waals surface area contributed by atoms with Gasteiger partial charge in [0.05, 0.1) is 0 Å². The molecule has 1 aromatic carbocycles. The van der Waals surface area contributed by atoms with Crippen molar-refractivity contribution in [1.29, 1.82) is 0 Å². The molecule has 1 aromatic heterocycles. The molecule has 2 aromatic rings. The molecule has 0 saturated carbocycles. The zero-order valence-electron chi connectivity index (χ0n) is 13.2. The van der Waals surface area contributed by atoms with Crippen LogP contribution in [-0.2, 0) is 9.53 Å². The van der Waals surface area contributed by atoms with Gasteiger partial charge in [-0.25, -0.2) is 0 Å². The number of methoxy groups -OCH3 is 1. The Bertz CT molecular complexity index is 610. The van der Waals surface area contributed by atoms with Crippen LogP contribution in [0, 0.1) is 12.8 Å². The van der Waals surface area contributed by atoms with Crippen molar-refractivity contribution in [2.75, 3.05) is 7.11 Å². The first kappa shape index (κ1) is 16.2. The number of nitrogens with one attached hydrogen (secondary N) is 1. The van der Waals surface area contributed by atoms with Gasteiger partial charge < -0.3 is 14.6 Å². The van der Waals surface area contributed by atoms with Crippen LogP contribution in [0.5, 0.6) is 0 Å². The summed E-state index contributed by atoms with van der Waals surface area (Å²) in [5.41, 5.74) is 0.798. The van der Waals surface area contributed by atoms with Crippen molar-refractivity contribution in [3.63, 3.8) is 0 Å². The van der Waals surface area contributed by atoms with E-state index in [4.69, 9.17) is 9.26 Å². The molecule has 0 saturated heterocycles. The van der Waals surface area contributed by atoms with Crippen molar-refractivity contribution in [2.45, 2.75) is 32.9 Å². The minimum atomic E-state index is -0.675. The standard InChI is InChI=1S/C16H21N3O3/c1-10(2)13(16-17-11(3)19-22-16)18-15(20)14(21-4)12-8-6-5-7-9-12/h5-10,13-14H,1-4H3,(H,18,20)/t13-,14+/m0/s1. The maximum absolute atomic E-state index is 12.5. The van der Waals surface area contributed by atoms with E-state index in [1.807, 2.05) is 44.2 Å². The van der Waals surface area contributed by atoms with E-state index in [9.17, 15) is 4.79 Å². The fourth-order valence-electron chi connectivity index (χ4n) is 2.20. The van der Waals surface area contributed by atoms with Crippen LogP contribution in [0.2, 0.25) is 0 Å². The van der Waals surface area contributed by atoms with Crippen molar-refractivity contribution < 1.29 is 14.1 Å². The predicted molar refractivity (Wildman–Crippen MR) is 80.9 cm³/mol.